The first kappa shape index (κ1) is 29.4. The number of carbonyl (C=O) groups excluding carboxylic acids is 2. The van der Waals surface area contributed by atoms with Crippen LogP contribution in [0.3, 0.4) is 0 Å². The average Bonchev–Trinajstić information content (AvgIpc) is 3.38. The maximum Gasteiger partial charge on any atom is 0.251 e. The predicted molar refractivity (Wildman–Crippen MR) is 145 cm³/mol. The van der Waals surface area contributed by atoms with Gasteiger partial charge in [-0.1, -0.05) is 89.4 Å². The lowest BCUT2D eigenvalue weighted by atomic mass is 10.1. The van der Waals surface area contributed by atoms with E-state index in [1.165, 1.54) is 62.0 Å². The van der Waals surface area contributed by atoms with Crippen molar-refractivity contribution < 1.29 is 14.7 Å². The van der Waals surface area contributed by atoms with Crippen LogP contribution in [0.4, 0.5) is 22.2 Å². The standard InChI is InChI=1S/C26H40N6O3S/c1-3-5-7-9-11-13-15-23(33)28-21-17-20(30-32-26-31-27-19-36-26)18-22(25(21)35)29-24(34)16-14-12-10-8-6-4-2/h17-19,35H,3-16H2,1-2H3,(H,28,33)(H,29,34). The Hall–Kier alpha value is -2.88. The molecule has 0 bridgehead atoms. The highest BCUT2D eigenvalue weighted by Gasteiger charge is 2.15. The molecule has 0 aliphatic carbocycles. The summed E-state index contributed by atoms with van der Waals surface area (Å²) in [7, 11) is 0. The Kier molecular flexibility index (Phi) is 14.3. The van der Waals surface area contributed by atoms with Crippen molar-refractivity contribution in [2.45, 2.75) is 104 Å². The van der Waals surface area contributed by atoms with E-state index in [1.807, 2.05) is 0 Å². The summed E-state index contributed by atoms with van der Waals surface area (Å²) in [6, 6.07) is 3.06. The Bertz CT molecular complexity index is 898. The van der Waals surface area contributed by atoms with Gasteiger partial charge in [-0.15, -0.1) is 20.4 Å². The van der Waals surface area contributed by atoms with Gasteiger partial charge < -0.3 is 15.7 Å². The fraction of sp³-hybridized carbons (Fsp3) is 0.615. The molecule has 1 aromatic heterocycles. The number of azo groups is 1. The fourth-order valence-electron chi connectivity index (χ4n) is 3.74. The van der Waals surface area contributed by atoms with E-state index in [9.17, 15) is 14.7 Å². The van der Waals surface area contributed by atoms with Gasteiger partial charge in [0, 0.05) is 12.8 Å². The van der Waals surface area contributed by atoms with Crippen LogP contribution in [0.25, 0.3) is 0 Å². The number of unbranched alkanes of at least 4 members (excludes halogenated alkanes) is 10. The molecular formula is C26H40N6O3S. The van der Waals surface area contributed by atoms with Gasteiger partial charge in [0.1, 0.15) is 5.51 Å². The first-order valence-electron chi connectivity index (χ1n) is 13.2. The van der Waals surface area contributed by atoms with Crippen LogP contribution in [0, 0.1) is 0 Å². The number of phenols is 1. The average molecular weight is 517 g/mol. The zero-order valence-electron chi connectivity index (χ0n) is 21.6. The van der Waals surface area contributed by atoms with Crippen LogP contribution < -0.4 is 10.6 Å². The van der Waals surface area contributed by atoms with Gasteiger partial charge in [0.05, 0.1) is 17.1 Å². The van der Waals surface area contributed by atoms with Gasteiger partial charge in [-0.25, -0.2) is 0 Å². The SMILES string of the molecule is CCCCCCCCC(=O)Nc1cc(N=Nc2nncs2)cc(NC(=O)CCCCCCCC)c1O. The van der Waals surface area contributed by atoms with Crippen LogP contribution in [-0.4, -0.2) is 27.1 Å². The minimum atomic E-state index is -0.197. The number of aromatic nitrogens is 2. The molecule has 0 aliphatic heterocycles. The molecule has 1 aromatic carbocycles. The van der Waals surface area contributed by atoms with E-state index >= 15 is 0 Å². The molecule has 0 atom stereocenters. The van der Waals surface area contributed by atoms with Crippen molar-refractivity contribution >= 4 is 45.3 Å². The quantitative estimate of drug-likeness (QED) is 0.105. The number of aromatic hydroxyl groups is 1. The van der Waals surface area contributed by atoms with Crippen molar-refractivity contribution in [3.05, 3.63) is 17.6 Å². The number of rotatable bonds is 18. The highest BCUT2D eigenvalue weighted by atomic mass is 32.1. The number of carbonyl (C=O) groups is 2. The summed E-state index contributed by atoms with van der Waals surface area (Å²) >= 11 is 1.24. The summed E-state index contributed by atoms with van der Waals surface area (Å²) in [5.74, 6) is -0.579. The van der Waals surface area contributed by atoms with Crippen LogP contribution in [0.2, 0.25) is 0 Å². The van der Waals surface area contributed by atoms with E-state index in [1.54, 1.807) is 5.51 Å². The molecule has 0 fully saturated rings. The fourth-order valence-corrected chi connectivity index (χ4v) is 4.11. The molecule has 36 heavy (non-hydrogen) atoms. The number of amides is 2. The van der Waals surface area contributed by atoms with Crippen molar-refractivity contribution in [3.8, 4) is 5.75 Å². The summed E-state index contributed by atoms with van der Waals surface area (Å²) in [6.45, 7) is 4.35. The molecule has 2 aromatic rings. The van der Waals surface area contributed by atoms with Crippen molar-refractivity contribution in [2.24, 2.45) is 10.2 Å². The first-order chi connectivity index (χ1) is 17.5. The zero-order chi connectivity index (χ0) is 26.0. The highest BCUT2D eigenvalue weighted by molar-refractivity contribution is 7.13. The molecule has 0 aliphatic rings. The summed E-state index contributed by atoms with van der Waals surface area (Å²) in [4.78, 5) is 25.0. The largest absolute Gasteiger partial charge is 0.504 e. The Morgan fingerprint density at radius 3 is 1.78 bits per heavy atom. The smallest absolute Gasteiger partial charge is 0.251 e. The summed E-state index contributed by atoms with van der Waals surface area (Å²) in [6.07, 6.45) is 13.7. The molecule has 0 saturated carbocycles. The topological polar surface area (TPSA) is 129 Å². The monoisotopic (exact) mass is 516 g/mol. The van der Waals surface area contributed by atoms with Gasteiger partial charge in [0.25, 0.3) is 5.13 Å². The van der Waals surface area contributed by atoms with Crippen LogP contribution in [0.5, 0.6) is 5.75 Å². The second-order valence-electron chi connectivity index (χ2n) is 8.94. The molecule has 0 unspecified atom stereocenters. The maximum absolute atomic E-state index is 12.5. The molecule has 10 heteroatoms. The van der Waals surface area contributed by atoms with Gasteiger partial charge >= 0.3 is 0 Å². The van der Waals surface area contributed by atoms with Crippen molar-refractivity contribution in [2.75, 3.05) is 10.6 Å². The lowest BCUT2D eigenvalue weighted by Crippen LogP contribution is -2.14. The highest BCUT2D eigenvalue weighted by Crippen LogP contribution is 2.38. The van der Waals surface area contributed by atoms with Gasteiger partial charge in [-0.2, -0.15) is 0 Å². The number of anilines is 2. The van der Waals surface area contributed by atoms with Crippen LogP contribution in [0.1, 0.15) is 104 Å². The van der Waals surface area contributed by atoms with E-state index in [4.69, 9.17) is 0 Å². The van der Waals surface area contributed by atoms with E-state index in [2.05, 4.69) is 44.9 Å². The Morgan fingerprint density at radius 1 is 0.806 bits per heavy atom. The Balaban J connectivity index is 2.03. The molecule has 0 spiro atoms. The summed E-state index contributed by atoms with van der Waals surface area (Å²) in [5.41, 5.74) is 2.30. The molecular weight excluding hydrogens is 476 g/mol. The normalized spacial score (nSPS) is 11.2. The maximum atomic E-state index is 12.5. The number of phenolic OH excluding ortho intramolecular Hbond substituents is 1. The van der Waals surface area contributed by atoms with E-state index in [-0.39, 0.29) is 28.9 Å². The molecule has 0 saturated heterocycles. The number of nitrogens with one attached hydrogen (secondary N) is 2. The molecule has 198 valence electrons. The summed E-state index contributed by atoms with van der Waals surface area (Å²) in [5, 5.41) is 32.4. The van der Waals surface area contributed by atoms with Crippen LogP contribution >= 0.6 is 11.3 Å². The summed E-state index contributed by atoms with van der Waals surface area (Å²) < 4.78 is 0. The third-order valence-electron chi connectivity index (χ3n) is 5.76. The van der Waals surface area contributed by atoms with Crippen molar-refractivity contribution in [1.82, 2.24) is 10.2 Å². The minimum absolute atomic E-state index is 0.189. The van der Waals surface area contributed by atoms with E-state index in [0.29, 0.717) is 23.7 Å². The molecule has 9 nitrogen and oxygen atoms in total. The van der Waals surface area contributed by atoms with Crippen LogP contribution in [0.15, 0.2) is 27.9 Å². The molecule has 0 radical (unpaired) electrons. The van der Waals surface area contributed by atoms with Crippen LogP contribution in [-0.2, 0) is 9.59 Å². The predicted octanol–water partition coefficient (Wildman–Crippen LogP) is 8.04. The van der Waals surface area contributed by atoms with Gasteiger partial charge in [0.2, 0.25) is 11.8 Å². The lowest BCUT2D eigenvalue weighted by Gasteiger charge is -2.13. The Morgan fingerprint density at radius 2 is 1.31 bits per heavy atom. The molecule has 2 amide bonds. The minimum Gasteiger partial charge on any atom is -0.504 e. The number of hydrogen-bond donors (Lipinski definition) is 3. The zero-order valence-corrected chi connectivity index (χ0v) is 22.4. The van der Waals surface area contributed by atoms with Crippen molar-refractivity contribution in [3.63, 3.8) is 0 Å². The lowest BCUT2D eigenvalue weighted by molar-refractivity contribution is -0.117. The van der Waals surface area contributed by atoms with Gasteiger partial charge in [0.15, 0.2) is 5.75 Å². The van der Waals surface area contributed by atoms with E-state index in [0.717, 1.165) is 38.5 Å². The second-order valence-corrected chi connectivity index (χ2v) is 9.75. The van der Waals surface area contributed by atoms with Crippen molar-refractivity contribution in [1.29, 1.82) is 0 Å². The third-order valence-corrected chi connectivity index (χ3v) is 6.33. The number of nitrogens with zero attached hydrogens (tertiary/aromatic N) is 4. The Labute approximate surface area is 218 Å². The second kappa shape index (κ2) is 17.5. The molecule has 3 N–H and O–H groups in total. The van der Waals surface area contributed by atoms with Gasteiger partial charge in [-0.05, 0) is 25.0 Å². The first-order valence-corrected chi connectivity index (χ1v) is 14.1. The van der Waals surface area contributed by atoms with E-state index < -0.39 is 0 Å². The van der Waals surface area contributed by atoms with Gasteiger partial charge in [-0.3, -0.25) is 9.59 Å². The number of hydrogen-bond acceptors (Lipinski definition) is 8. The molecule has 1 heterocycles. The third kappa shape index (κ3) is 11.7. The molecule has 2 rings (SSSR count). The number of benzene rings is 1.